The van der Waals surface area contributed by atoms with Gasteiger partial charge in [-0.1, -0.05) is 13.3 Å². The summed E-state index contributed by atoms with van der Waals surface area (Å²) in [7, 11) is 2.12. The zero-order valence-electron chi connectivity index (χ0n) is 10.2. The lowest BCUT2D eigenvalue weighted by molar-refractivity contribution is 0.102. The van der Waals surface area contributed by atoms with Gasteiger partial charge in [-0.3, -0.25) is 0 Å². The van der Waals surface area contributed by atoms with Crippen LogP contribution in [0.2, 0.25) is 0 Å². The first-order chi connectivity index (χ1) is 7.22. The van der Waals surface area contributed by atoms with Crippen molar-refractivity contribution < 1.29 is 4.74 Å². The normalized spacial score (nSPS) is 18.4. The van der Waals surface area contributed by atoms with Crippen molar-refractivity contribution in [2.75, 3.05) is 33.4 Å². The molecule has 1 aliphatic rings. The van der Waals surface area contributed by atoms with Gasteiger partial charge in [0, 0.05) is 25.7 Å². The molecule has 0 amide bonds. The maximum Gasteiger partial charge on any atom is 0.0593 e. The molecular formula is C12H26N2O. The molecule has 3 nitrogen and oxygen atoms in total. The molecule has 0 heterocycles. The number of ether oxygens (including phenoxy) is 1. The zero-order chi connectivity index (χ0) is 11.1. The van der Waals surface area contributed by atoms with Gasteiger partial charge in [0.15, 0.2) is 0 Å². The summed E-state index contributed by atoms with van der Waals surface area (Å²) in [5.74, 6) is 0.873. The average molecular weight is 214 g/mol. The number of nitrogens with zero attached hydrogens (tertiary/aromatic N) is 1. The first-order valence-corrected chi connectivity index (χ1v) is 6.24. The van der Waals surface area contributed by atoms with Gasteiger partial charge in [0.2, 0.25) is 0 Å². The standard InChI is InChI=1S/C12H26N2O/c1-3-4-12(13)9-14(2)7-8-15-10-11-5-6-11/h11-12H,3-10,13H2,1-2H3. The molecule has 0 saturated heterocycles. The Morgan fingerprint density at radius 1 is 1.47 bits per heavy atom. The molecule has 1 atom stereocenters. The summed E-state index contributed by atoms with van der Waals surface area (Å²) in [4.78, 5) is 2.27. The van der Waals surface area contributed by atoms with Gasteiger partial charge in [0.05, 0.1) is 6.61 Å². The third-order valence-corrected chi connectivity index (χ3v) is 2.87. The second-order valence-corrected chi connectivity index (χ2v) is 4.83. The van der Waals surface area contributed by atoms with Crippen LogP contribution in [0.5, 0.6) is 0 Å². The van der Waals surface area contributed by atoms with Crippen molar-refractivity contribution in [3.05, 3.63) is 0 Å². The summed E-state index contributed by atoms with van der Waals surface area (Å²) < 4.78 is 5.59. The van der Waals surface area contributed by atoms with Crippen LogP contribution in [0.25, 0.3) is 0 Å². The second kappa shape index (κ2) is 7.20. The minimum Gasteiger partial charge on any atom is -0.380 e. The van der Waals surface area contributed by atoms with E-state index in [4.69, 9.17) is 10.5 Å². The summed E-state index contributed by atoms with van der Waals surface area (Å²) in [5.41, 5.74) is 5.97. The number of rotatable bonds is 9. The van der Waals surface area contributed by atoms with Gasteiger partial charge in [-0.2, -0.15) is 0 Å². The van der Waals surface area contributed by atoms with Gasteiger partial charge in [-0.25, -0.2) is 0 Å². The molecule has 1 saturated carbocycles. The third-order valence-electron chi connectivity index (χ3n) is 2.87. The van der Waals surface area contributed by atoms with Crippen LogP contribution in [0.4, 0.5) is 0 Å². The van der Waals surface area contributed by atoms with Gasteiger partial charge in [0.1, 0.15) is 0 Å². The van der Waals surface area contributed by atoms with Gasteiger partial charge in [0.25, 0.3) is 0 Å². The SMILES string of the molecule is CCCC(N)CN(C)CCOCC1CC1. The molecular weight excluding hydrogens is 188 g/mol. The van der Waals surface area contributed by atoms with Crippen LogP contribution >= 0.6 is 0 Å². The number of likely N-dealkylation sites (N-methyl/N-ethyl adjacent to an activating group) is 1. The number of hydrogen-bond acceptors (Lipinski definition) is 3. The fraction of sp³-hybridized carbons (Fsp3) is 1.00. The van der Waals surface area contributed by atoms with E-state index in [-0.39, 0.29) is 0 Å². The second-order valence-electron chi connectivity index (χ2n) is 4.83. The summed E-state index contributed by atoms with van der Waals surface area (Å²) in [6.45, 7) is 5.99. The molecule has 1 unspecified atom stereocenters. The van der Waals surface area contributed by atoms with E-state index >= 15 is 0 Å². The first-order valence-electron chi connectivity index (χ1n) is 6.24. The molecule has 2 N–H and O–H groups in total. The summed E-state index contributed by atoms with van der Waals surface area (Å²) >= 11 is 0. The predicted molar refractivity (Wildman–Crippen MR) is 63.9 cm³/mol. The molecule has 0 spiro atoms. The minimum atomic E-state index is 0.323. The Hall–Kier alpha value is -0.120. The highest BCUT2D eigenvalue weighted by Crippen LogP contribution is 2.28. The smallest absolute Gasteiger partial charge is 0.0593 e. The monoisotopic (exact) mass is 214 g/mol. The van der Waals surface area contributed by atoms with Crippen LogP contribution in [0.15, 0.2) is 0 Å². The Balaban J connectivity index is 1.89. The van der Waals surface area contributed by atoms with E-state index in [9.17, 15) is 0 Å². The molecule has 0 bridgehead atoms. The average Bonchev–Trinajstić information content (AvgIpc) is 2.96. The van der Waals surface area contributed by atoms with Crippen molar-refractivity contribution in [2.45, 2.75) is 38.6 Å². The highest BCUT2D eigenvalue weighted by molar-refractivity contribution is 4.72. The van der Waals surface area contributed by atoms with Crippen molar-refractivity contribution in [3.8, 4) is 0 Å². The Morgan fingerprint density at radius 2 is 2.20 bits per heavy atom. The Kier molecular flexibility index (Phi) is 6.22. The molecule has 90 valence electrons. The Bertz CT molecular complexity index is 160. The number of hydrogen-bond donors (Lipinski definition) is 1. The molecule has 15 heavy (non-hydrogen) atoms. The Morgan fingerprint density at radius 3 is 2.80 bits per heavy atom. The molecule has 0 aromatic carbocycles. The van der Waals surface area contributed by atoms with Gasteiger partial charge in [-0.15, -0.1) is 0 Å². The van der Waals surface area contributed by atoms with Crippen molar-refractivity contribution in [3.63, 3.8) is 0 Å². The van der Waals surface area contributed by atoms with E-state index < -0.39 is 0 Å². The molecule has 3 heteroatoms. The molecule has 0 aromatic rings. The largest absolute Gasteiger partial charge is 0.380 e. The summed E-state index contributed by atoms with van der Waals surface area (Å²) in [6, 6.07) is 0.323. The van der Waals surface area contributed by atoms with Crippen molar-refractivity contribution >= 4 is 0 Å². The molecule has 1 rings (SSSR count). The molecule has 1 aliphatic carbocycles. The van der Waals surface area contributed by atoms with Crippen LogP contribution in [0.1, 0.15) is 32.6 Å². The molecule has 0 aromatic heterocycles. The van der Waals surface area contributed by atoms with Crippen molar-refractivity contribution in [1.29, 1.82) is 0 Å². The van der Waals surface area contributed by atoms with Crippen molar-refractivity contribution in [1.82, 2.24) is 4.90 Å². The van der Waals surface area contributed by atoms with Crippen LogP contribution in [-0.4, -0.2) is 44.3 Å². The molecule has 1 fully saturated rings. The highest BCUT2D eigenvalue weighted by Gasteiger charge is 2.20. The van der Waals surface area contributed by atoms with E-state index in [1.165, 1.54) is 19.3 Å². The lowest BCUT2D eigenvalue weighted by atomic mass is 10.2. The maximum absolute atomic E-state index is 5.97. The predicted octanol–water partition coefficient (Wildman–Crippen LogP) is 1.47. The third kappa shape index (κ3) is 6.88. The fourth-order valence-electron chi connectivity index (χ4n) is 1.71. The maximum atomic E-state index is 5.97. The molecule has 0 aliphatic heterocycles. The quantitative estimate of drug-likeness (QED) is 0.591. The van der Waals surface area contributed by atoms with E-state index in [0.717, 1.165) is 38.6 Å². The lowest BCUT2D eigenvalue weighted by Crippen LogP contribution is -2.36. The van der Waals surface area contributed by atoms with Crippen molar-refractivity contribution in [2.24, 2.45) is 11.7 Å². The first kappa shape index (κ1) is 12.9. The van der Waals surface area contributed by atoms with E-state index in [0.29, 0.717) is 6.04 Å². The van der Waals surface area contributed by atoms with Gasteiger partial charge < -0.3 is 15.4 Å². The summed E-state index contributed by atoms with van der Waals surface area (Å²) in [6.07, 6.45) is 5.04. The van der Waals surface area contributed by atoms with Crippen LogP contribution in [0, 0.1) is 5.92 Å². The fourth-order valence-corrected chi connectivity index (χ4v) is 1.71. The number of nitrogens with two attached hydrogens (primary N) is 1. The lowest BCUT2D eigenvalue weighted by Gasteiger charge is -2.20. The van der Waals surface area contributed by atoms with Crippen LogP contribution in [0.3, 0.4) is 0 Å². The van der Waals surface area contributed by atoms with Crippen LogP contribution < -0.4 is 5.73 Å². The topological polar surface area (TPSA) is 38.5 Å². The summed E-state index contributed by atoms with van der Waals surface area (Å²) in [5, 5.41) is 0. The van der Waals surface area contributed by atoms with E-state index in [1.807, 2.05) is 0 Å². The van der Waals surface area contributed by atoms with E-state index in [1.54, 1.807) is 0 Å². The highest BCUT2D eigenvalue weighted by atomic mass is 16.5. The van der Waals surface area contributed by atoms with E-state index in [2.05, 4.69) is 18.9 Å². The van der Waals surface area contributed by atoms with Crippen LogP contribution in [-0.2, 0) is 4.74 Å². The van der Waals surface area contributed by atoms with Gasteiger partial charge >= 0.3 is 0 Å². The molecule has 0 radical (unpaired) electrons. The Labute approximate surface area is 94.0 Å². The van der Waals surface area contributed by atoms with Gasteiger partial charge in [-0.05, 0) is 32.2 Å². The minimum absolute atomic E-state index is 0.323. The zero-order valence-corrected chi connectivity index (χ0v) is 10.2.